The summed E-state index contributed by atoms with van der Waals surface area (Å²) in [6, 6.07) is 0. The Morgan fingerprint density at radius 1 is 0.465 bits per heavy atom. The molecule has 0 radical (unpaired) electrons. The molecule has 0 aliphatic heterocycles. The van der Waals surface area contributed by atoms with Crippen molar-refractivity contribution in [2.75, 3.05) is 0 Å². The van der Waals surface area contributed by atoms with Gasteiger partial charge in [-0.2, -0.15) is 0 Å². The maximum absolute atomic E-state index is 13.2. The maximum Gasteiger partial charge on any atom is 0.260 e. The number of hydrogen-bond acceptors (Lipinski definition) is 12. The number of amides is 4. The summed E-state index contributed by atoms with van der Waals surface area (Å²) >= 11 is 0. The summed E-state index contributed by atoms with van der Waals surface area (Å²) in [4.78, 5) is 52.4. The summed E-state index contributed by atoms with van der Waals surface area (Å²) in [5, 5.41) is 0.899. The third-order valence-electron chi connectivity index (χ3n) is 5.64. The van der Waals surface area contributed by atoms with Crippen LogP contribution in [0, 0.1) is 0 Å². The first kappa shape index (κ1) is 39.6. The second kappa shape index (κ2) is 15.4. The van der Waals surface area contributed by atoms with Gasteiger partial charge in [-0.1, -0.05) is 54.0 Å². The quantitative estimate of drug-likeness (QED) is 0.183. The summed E-state index contributed by atoms with van der Waals surface area (Å²) in [6.07, 6.45) is -9.23. The van der Waals surface area contributed by atoms with Gasteiger partial charge < -0.3 is 0 Å². The fraction of sp³-hybridized carbons (Fsp3) is 0.478. The van der Waals surface area contributed by atoms with Crippen LogP contribution >= 0.6 is 0 Å². The zero-order chi connectivity index (χ0) is 34.1. The van der Waals surface area contributed by atoms with Gasteiger partial charge in [0.2, 0.25) is 23.6 Å². The molecule has 16 nitrogen and oxygen atoms in total. The molecule has 0 aromatic rings. The molecule has 0 bridgehead atoms. The van der Waals surface area contributed by atoms with Crippen LogP contribution in [0.15, 0.2) is 47.9 Å². The third kappa shape index (κ3) is 8.83. The van der Waals surface area contributed by atoms with Crippen LogP contribution in [0.4, 0.5) is 0 Å². The molecule has 0 saturated heterocycles. The minimum atomic E-state index is -5.05. The van der Waals surface area contributed by atoms with Crippen molar-refractivity contribution in [1.82, 2.24) is 17.2 Å². The zero-order valence-corrected chi connectivity index (χ0v) is 27.4. The molecule has 0 aromatic heterocycles. The average molecular weight is 689 g/mol. The van der Waals surface area contributed by atoms with E-state index < -0.39 is 108 Å². The van der Waals surface area contributed by atoms with Crippen molar-refractivity contribution in [2.24, 2.45) is 0 Å². The van der Waals surface area contributed by atoms with Gasteiger partial charge in [0, 0.05) is 53.7 Å². The highest BCUT2D eigenvalue weighted by atomic mass is 32.2. The topological polar surface area (TPSA) is 218 Å². The highest BCUT2D eigenvalue weighted by Crippen LogP contribution is 2.30. The van der Waals surface area contributed by atoms with Crippen LogP contribution in [0.3, 0.4) is 0 Å². The van der Waals surface area contributed by atoms with E-state index in [2.05, 4.69) is 26.3 Å². The Morgan fingerprint density at radius 3 is 0.744 bits per heavy atom. The van der Waals surface area contributed by atoms with E-state index in [1.165, 1.54) is 27.7 Å². The van der Waals surface area contributed by atoms with Crippen LogP contribution < -0.4 is 0 Å². The van der Waals surface area contributed by atoms with Crippen LogP contribution in [-0.2, 0) is 59.3 Å². The van der Waals surface area contributed by atoms with Gasteiger partial charge in [0.15, 0.2) is 0 Å². The van der Waals surface area contributed by atoms with Crippen molar-refractivity contribution in [1.29, 1.82) is 0 Å². The number of hydrogen-bond donors (Lipinski definition) is 0. The molecule has 0 unspecified atom stereocenters. The number of sulfonamides is 4. The summed E-state index contributed by atoms with van der Waals surface area (Å²) in [5.41, 5.74) is 0. The number of carbonyl (C=O) groups excluding carboxylic acids is 4. The first-order chi connectivity index (χ1) is 19.7. The van der Waals surface area contributed by atoms with Crippen LogP contribution in [-0.4, -0.2) is 86.9 Å². The molecular weight excluding hydrogens is 653 g/mol. The maximum atomic E-state index is 13.2. The van der Waals surface area contributed by atoms with E-state index in [1.807, 2.05) is 0 Å². The molecule has 20 heteroatoms. The van der Waals surface area contributed by atoms with Crippen LogP contribution in [0.1, 0.15) is 59.8 Å². The van der Waals surface area contributed by atoms with E-state index in [0.29, 0.717) is 0 Å². The molecule has 0 rings (SSSR count). The lowest BCUT2D eigenvalue weighted by Gasteiger charge is -2.42. The minimum Gasteiger partial charge on any atom is -0.274 e. The van der Waals surface area contributed by atoms with E-state index in [-0.39, 0.29) is 38.9 Å². The van der Waals surface area contributed by atoms with Gasteiger partial charge in [0.25, 0.3) is 40.1 Å². The van der Waals surface area contributed by atoms with Crippen LogP contribution in [0.2, 0.25) is 0 Å². The summed E-state index contributed by atoms with van der Waals surface area (Å²) < 4.78 is 105. The van der Waals surface area contributed by atoms with Crippen LogP contribution in [0.5, 0.6) is 0 Å². The molecule has 0 aliphatic rings. The van der Waals surface area contributed by atoms with Gasteiger partial charge in [-0.15, -0.1) is 0 Å². The summed E-state index contributed by atoms with van der Waals surface area (Å²) in [7, 11) is -20.2. The largest absolute Gasteiger partial charge is 0.274 e. The van der Waals surface area contributed by atoms with E-state index in [4.69, 9.17) is 0 Å². The first-order valence-corrected chi connectivity index (χ1v) is 18.5. The van der Waals surface area contributed by atoms with Crippen molar-refractivity contribution in [3.63, 3.8) is 0 Å². The number of nitrogens with zero attached hydrogens (tertiary/aromatic N) is 4. The lowest BCUT2D eigenvalue weighted by atomic mass is 10.2. The molecule has 43 heavy (non-hydrogen) atoms. The molecule has 244 valence electrons. The number of carbonyl (C=O) groups is 4. The molecular formula is C23H36N4O12S4. The van der Waals surface area contributed by atoms with Crippen molar-refractivity contribution in [2.45, 2.75) is 72.1 Å². The SMILES string of the molecule is C=CS(=O)(=O)N(C(=O)CC)C(CC(N(C(=O)CC)S(=O)(=O)C=C)N(C(=O)CC)S(=O)(=O)C=C)N(C(=O)CC)S(=O)(=O)C=C. The fourth-order valence-corrected chi connectivity index (χ4v) is 8.11. The Labute approximate surface area is 253 Å². The Morgan fingerprint density at radius 2 is 0.628 bits per heavy atom. The van der Waals surface area contributed by atoms with Gasteiger partial charge in [0.05, 0.1) is 0 Å². The van der Waals surface area contributed by atoms with Gasteiger partial charge >= 0.3 is 0 Å². The predicted octanol–water partition coefficient (Wildman–Crippen LogP) is 0.876. The monoisotopic (exact) mass is 688 g/mol. The molecule has 0 aromatic carbocycles. The molecule has 4 amide bonds. The minimum absolute atomic E-state index is 0.119. The molecule has 0 heterocycles. The number of rotatable bonds is 18. The molecule has 0 atom stereocenters. The average Bonchev–Trinajstić information content (AvgIpc) is 2.95. The smallest absolute Gasteiger partial charge is 0.260 e. The third-order valence-corrected chi connectivity index (χ3v) is 11.3. The van der Waals surface area contributed by atoms with E-state index in [0.717, 1.165) is 0 Å². The predicted molar refractivity (Wildman–Crippen MR) is 157 cm³/mol. The second-order valence-corrected chi connectivity index (χ2v) is 15.2. The standard InChI is InChI=1S/C23H36N4O12S4/c1-9-20(28)24(40(32,33)13-5)18(25(21(29)10-2)41(34,35)14-6)17-19(26(22(30)11-3)42(36,37)15-7)27(23(31)12-4)43(38,39)16-8/h13-16,18-19H,5-12,17H2,1-4H3. The Bertz CT molecular complexity index is 1350. The van der Waals surface area contributed by atoms with E-state index >= 15 is 0 Å². The second-order valence-electron chi connectivity index (χ2n) is 8.22. The van der Waals surface area contributed by atoms with Crippen molar-refractivity contribution >= 4 is 63.7 Å². The van der Waals surface area contributed by atoms with Crippen molar-refractivity contribution in [3.05, 3.63) is 47.9 Å². The fourth-order valence-electron chi connectivity index (χ4n) is 3.62. The van der Waals surface area contributed by atoms with Crippen LogP contribution in [0.25, 0.3) is 0 Å². The Kier molecular flexibility index (Phi) is 14.2. The first-order valence-electron chi connectivity index (χ1n) is 12.4. The highest BCUT2D eigenvalue weighted by molar-refractivity contribution is 7.94. The van der Waals surface area contributed by atoms with Gasteiger partial charge in [-0.05, 0) is 0 Å². The lowest BCUT2D eigenvalue weighted by molar-refractivity contribution is -0.137. The molecule has 0 N–H and O–H groups in total. The van der Waals surface area contributed by atoms with Crippen molar-refractivity contribution < 1.29 is 52.8 Å². The molecule has 0 spiro atoms. The summed E-state index contributed by atoms with van der Waals surface area (Å²) in [6.45, 7) is 17.0. The van der Waals surface area contributed by atoms with E-state index in [1.54, 1.807) is 0 Å². The van der Waals surface area contributed by atoms with Gasteiger partial charge in [-0.3, -0.25) is 19.2 Å². The normalized spacial score (nSPS) is 12.2. The zero-order valence-electron chi connectivity index (χ0n) is 24.1. The summed E-state index contributed by atoms with van der Waals surface area (Å²) in [5.74, 6) is -5.40. The Hall–Kier alpha value is -3.36. The Balaban J connectivity index is 8.61. The highest BCUT2D eigenvalue weighted by Gasteiger charge is 2.49. The molecule has 0 saturated carbocycles. The van der Waals surface area contributed by atoms with E-state index in [9.17, 15) is 52.8 Å². The van der Waals surface area contributed by atoms with Crippen molar-refractivity contribution in [3.8, 4) is 0 Å². The van der Waals surface area contributed by atoms with Gasteiger partial charge in [0.1, 0.15) is 12.3 Å². The molecule has 0 aliphatic carbocycles. The molecule has 0 fully saturated rings. The lowest BCUT2D eigenvalue weighted by Crippen LogP contribution is -2.63. The van der Waals surface area contributed by atoms with Gasteiger partial charge in [-0.25, -0.2) is 50.9 Å².